The molecular formula is C16H24ClN3. The van der Waals surface area contributed by atoms with Gasteiger partial charge in [-0.1, -0.05) is 31.4 Å². The molecule has 2 aliphatic rings. The number of halogens is 1. The smallest absolute Gasteiger partial charge is 0.129 e. The quantitative estimate of drug-likeness (QED) is 0.919. The van der Waals surface area contributed by atoms with E-state index in [1.54, 1.807) is 0 Å². The molecule has 2 fully saturated rings. The zero-order valence-corrected chi connectivity index (χ0v) is 13.0. The normalized spacial score (nSPS) is 25.8. The maximum Gasteiger partial charge on any atom is 0.129 e. The molecule has 3 nitrogen and oxygen atoms in total. The molecule has 3 rings (SSSR count). The van der Waals surface area contributed by atoms with Crippen molar-refractivity contribution in [2.24, 2.45) is 5.92 Å². The molecule has 20 heavy (non-hydrogen) atoms. The van der Waals surface area contributed by atoms with Crippen molar-refractivity contribution in [1.29, 1.82) is 0 Å². The third kappa shape index (κ3) is 2.79. The summed E-state index contributed by atoms with van der Waals surface area (Å²) in [6, 6.07) is 2.89. The zero-order chi connectivity index (χ0) is 13.9. The highest BCUT2D eigenvalue weighted by Crippen LogP contribution is 2.38. The predicted octanol–water partition coefficient (Wildman–Crippen LogP) is 3.61. The van der Waals surface area contributed by atoms with Gasteiger partial charge in [0, 0.05) is 25.3 Å². The molecule has 0 bridgehead atoms. The summed E-state index contributed by atoms with van der Waals surface area (Å²) >= 11 is 6.26. The number of hydrogen-bond donors (Lipinski definition) is 1. The standard InChI is InChI=1S/C16H24ClN3/c1-2-18-10-13-9-16(19-11-14(13)17)20-8-7-12-5-3-4-6-15(12)20/h9,11-12,15,18H,2-8,10H2,1H3. The van der Waals surface area contributed by atoms with Crippen LogP contribution in [0, 0.1) is 5.92 Å². The lowest BCUT2D eigenvalue weighted by Gasteiger charge is -2.32. The number of aromatic nitrogens is 1. The van der Waals surface area contributed by atoms with Crippen LogP contribution in [-0.2, 0) is 6.54 Å². The molecule has 110 valence electrons. The Labute approximate surface area is 126 Å². The van der Waals surface area contributed by atoms with Crippen LogP contribution in [0.25, 0.3) is 0 Å². The maximum absolute atomic E-state index is 6.26. The fourth-order valence-electron chi connectivity index (χ4n) is 3.71. The van der Waals surface area contributed by atoms with E-state index >= 15 is 0 Å². The fraction of sp³-hybridized carbons (Fsp3) is 0.688. The van der Waals surface area contributed by atoms with E-state index in [-0.39, 0.29) is 0 Å². The lowest BCUT2D eigenvalue weighted by Crippen LogP contribution is -2.35. The molecule has 1 saturated carbocycles. The van der Waals surface area contributed by atoms with Gasteiger partial charge in [0.05, 0.1) is 5.02 Å². The van der Waals surface area contributed by atoms with Gasteiger partial charge < -0.3 is 10.2 Å². The van der Waals surface area contributed by atoms with Crippen molar-refractivity contribution in [3.8, 4) is 0 Å². The van der Waals surface area contributed by atoms with Gasteiger partial charge in [0.1, 0.15) is 5.82 Å². The highest BCUT2D eigenvalue weighted by molar-refractivity contribution is 6.31. The van der Waals surface area contributed by atoms with Crippen molar-refractivity contribution in [3.05, 3.63) is 22.8 Å². The van der Waals surface area contributed by atoms with Gasteiger partial charge in [-0.25, -0.2) is 4.98 Å². The zero-order valence-electron chi connectivity index (χ0n) is 12.2. The van der Waals surface area contributed by atoms with E-state index in [1.807, 2.05) is 6.20 Å². The van der Waals surface area contributed by atoms with Crippen LogP contribution in [0.3, 0.4) is 0 Å². The number of hydrogen-bond acceptors (Lipinski definition) is 3. The van der Waals surface area contributed by atoms with E-state index in [1.165, 1.54) is 32.1 Å². The van der Waals surface area contributed by atoms with E-state index < -0.39 is 0 Å². The molecule has 2 atom stereocenters. The number of pyridine rings is 1. The SMILES string of the molecule is CCNCc1cc(N2CCC3CCCCC32)ncc1Cl. The molecule has 0 amide bonds. The van der Waals surface area contributed by atoms with Crippen LogP contribution in [-0.4, -0.2) is 24.1 Å². The number of nitrogens with one attached hydrogen (secondary N) is 1. The second-order valence-electron chi connectivity index (χ2n) is 6.01. The molecule has 2 unspecified atom stereocenters. The van der Waals surface area contributed by atoms with E-state index in [4.69, 9.17) is 11.6 Å². The largest absolute Gasteiger partial charge is 0.353 e. The topological polar surface area (TPSA) is 28.2 Å². The molecule has 1 aromatic heterocycles. The van der Waals surface area contributed by atoms with Crippen molar-refractivity contribution < 1.29 is 0 Å². The molecule has 1 aliphatic carbocycles. The summed E-state index contributed by atoms with van der Waals surface area (Å²) in [4.78, 5) is 7.11. The lowest BCUT2D eigenvalue weighted by atomic mass is 9.85. The molecule has 2 heterocycles. The fourth-order valence-corrected chi connectivity index (χ4v) is 3.88. The second kappa shape index (κ2) is 6.31. The van der Waals surface area contributed by atoms with Crippen molar-refractivity contribution in [2.45, 2.75) is 51.6 Å². The average molecular weight is 294 g/mol. The third-order valence-electron chi connectivity index (χ3n) is 4.79. The molecule has 0 spiro atoms. The number of fused-ring (bicyclic) bond motifs is 1. The van der Waals surface area contributed by atoms with E-state index in [2.05, 4.69) is 28.2 Å². The Morgan fingerprint density at radius 1 is 1.35 bits per heavy atom. The van der Waals surface area contributed by atoms with E-state index in [0.29, 0.717) is 6.04 Å². The van der Waals surface area contributed by atoms with Gasteiger partial charge in [0.2, 0.25) is 0 Å². The van der Waals surface area contributed by atoms with Crippen LogP contribution in [0.5, 0.6) is 0 Å². The molecule has 4 heteroatoms. The first kappa shape index (κ1) is 14.2. The highest BCUT2D eigenvalue weighted by atomic mass is 35.5. The van der Waals surface area contributed by atoms with E-state index in [9.17, 15) is 0 Å². The minimum Gasteiger partial charge on any atom is -0.353 e. The molecule has 1 aromatic rings. The molecule has 0 aromatic carbocycles. The number of rotatable bonds is 4. The predicted molar refractivity (Wildman–Crippen MR) is 84.3 cm³/mol. The van der Waals surface area contributed by atoms with Gasteiger partial charge in [-0.2, -0.15) is 0 Å². The Balaban J connectivity index is 1.79. The molecule has 1 aliphatic heterocycles. The third-order valence-corrected chi connectivity index (χ3v) is 5.13. The van der Waals surface area contributed by atoms with Crippen molar-refractivity contribution in [2.75, 3.05) is 18.0 Å². The molecular weight excluding hydrogens is 270 g/mol. The van der Waals surface area contributed by atoms with Gasteiger partial charge >= 0.3 is 0 Å². The number of nitrogens with zero attached hydrogens (tertiary/aromatic N) is 2. The Kier molecular flexibility index (Phi) is 4.47. The summed E-state index contributed by atoms with van der Waals surface area (Å²) < 4.78 is 0. The van der Waals surface area contributed by atoms with Crippen LogP contribution in [0.15, 0.2) is 12.3 Å². The molecule has 0 radical (unpaired) electrons. The first-order chi connectivity index (χ1) is 9.79. The summed E-state index contributed by atoms with van der Waals surface area (Å²) in [6.45, 7) is 5.06. The Morgan fingerprint density at radius 2 is 2.20 bits per heavy atom. The van der Waals surface area contributed by atoms with Crippen LogP contribution < -0.4 is 10.2 Å². The van der Waals surface area contributed by atoms with Crippen LogP contribution in [0.1, 0.15) is 44.6 Å². The van der Waals surface area contributed by atoms with Crippen LogP contribution in [0.2, 0.25) is 5.02 Å². The van der Waals surface area contributed by atoms with Crippen LogP contribution in [0.4, 0.5) is 5.82 Å². The summed E-state index contributed by atoms with van der Waals surface area (Å²) in [5.41, 5.74) is 1.16. The minimum atomic E-state index is 0.712. The van der Waals surface area contributed by atoms with Gasteiger partial charge in [0.15, 0.2) is 0 Å². The van der Waals surface area contributed by atoms with Crippen molar-refractivity contribution >= 4 is 17.4 Å². The van der Waals surface area contributed by atoms with Crippen molar-refractivity contribution in [1.82, 2.24) is 10.3 Å². The molecule has 1 N–H and O–H groups in total. The van der Waals surface area contributed by atoms with Gasteiger partial charge in [-0.05, 0) is 43.4 Å². The van der Waals surface area contributed by atoms with Gasteiger partial charge in [-0.3, -0.25) is 0 Å². The summed E-state index contributed by atoms with van der Waals surface area (Å²) in [5, 5.41) is 4.12. The minimum absolute atomic E-state index is 0.712. The lowest BCUT2D eigenvalue weighted by molar-refractivity contribution is 0.341. The Hall–Kier alpha value is -0.800. The monoisotopic (exact) mass is 293 g/mol. The van der Waals surface area contributed by atoms with E-state index in [0.717, 1.165) is 42.0 Å². The highest BCUT2D eigenvalue weighted by Gasteiger charge is 2.36. The van der Waals surface area contributed by atoms with Crippen LogP contribution >= 0.6 is 11.6 Å². The average Bonchev–Trinajstić information content (AvgIpc) is 2.90. The summed E-state index contributed by atoms with van der Waals surface area (Å²) in [7, 11) is 0. The van der Waals surface area contributed by atoms with Crippen molar-refractivity contribution in [3.63, 3.8) is 0 Å². The maximum atomic E-state index is 6.26. The number of anilines is 1. The van der Waals surface area contributed by atoms with Gasteiger partial charge in [-0.15, -0.1) is 0 Å². The second-order valence-corrected chi connectivity index (χ2v) is 6.42. The summed E-state index contributed by atoms with van der Waals surface area (Å²) in [6.07, 6.45) is 8.66. The summed E-state index contributed by atoms with van der Waals surface area (Å²) in [5.74, 6) is 2.01. The first-order valence-electron chi connectivity index (χ1n) is 7.91. The van der Waals surface area contributed by atoms with Gasteiger partial charge in [0.25, 0.3) is 0 Å². The Morgan fingerprint density at radius 3 is 3.05 bits per heavy atom. The molecule has 1 saturated heterocycles. The Bertz CT molecular complexity index is 463. The first-order valence-corrected chi connectivity index (χ1v) is 8.29.